The van der Waals surface area contributed by atoms with Gasteiger partial charge in [-0.15, -0.1) is 6.42 Å². The van der Waals surface area contributed by atoms with Gasteiger partial charge in [0, 0.05) is 491 Å². The zero-order valence-electron chi connectivity index (χ0n) is 49.7. The van der Waals surface area contributed by atoms with Gasteiger partial charge in [0.1, 0.15) is 0 Å². The van der Waals surface area contributed by atoms with Crippen molar-refractivity contribution < 1.29 is 522 Å². The van der Waals surface area contributed by atoms with Crippen molar-refractivity contribution in [3.63, 3.8) is 0 Å². The van der Waals surface area contributed by atoms with Crippen molar-refractivity contribution in [3.8, 4) is 0 Å². The Morgan fingerprint density at radius 3 is 0.753 bits per heavy atom. The van der Waals surface area contributed by atoms with Gasteiger partial charge >= 0.3 is 0 Å². The molecule has 0 amide bonds. The van der Waals surface area contributed by atoms with E-state index in [1.165, 1.54) is 76.7 Å². The molecule has 2 aliphatic rings. The van der Waals surface area contributed by atoms with Crippen molar-refractivity contribution in [2.45, 2.75) is 214 Å². The first kappa shape index (κ1) is 141. The van der Waals surface area contributed by atoms with Crippen LogP contribution in [0.5, 0.6) is 0 Å². The molecule has 1 spiro atoms. The smallest absolute Gasteiger partial charge is 0 e. The minimum absolute atomic E-state index is 0. The molecule has 73 heavy (non-hydrogen) atoms. The molecule has 0 aromatic carbocycles. The molecule has 12 nitrogen and oxygen atoms in total. The van der Waals surface area contributed by atoms with Gasteiger partial charge < -0.3 is 81.4 Å². The maximum absolute atomic E-state index is 9.89. The summed E-state index contributed by atoms with van der Waals surface area (Å²) in [6, 6.07) is 6.97. The number of hydrogen-bond acceptors (Lipinski definition) is 12. The van der Waals surface area contributed by atoms with Crippen LogP contribution in [0.15, 0.2) is 0 Å². The molecule has 0 unspecified atom stereocenters. The third kappa shape index (κ3) is 82.2. The Morgan fingerprint density at radius 2 is 0.616 bits per heavy atom. The van der Waals surface area contributed by atoms with E-state index in [4.69, 9.17) is 20.8 Å². The Morgan fingerprint density at radius 1 is 0.411 bits per heavy atom. The van der Waals surface area contributed by atoms with E-state index in [9.17, 15) is 10.4 Å². The molecule has 15 radical (unpaired) electrons. The van der Waals surface area contributed by atoms with Crippen molar-refractivity contribution in [1.29, 1.82) is 0 Å². The van der Waals surface area contributed by atoms with Gasteiger partial charge in [-0.2, -0.15) is 143 Å². The zero-order chi connectivity index (χ0) is 46.8. The van der Waals surface area contributed by atoms with E-state index in [0.717, 1.165) is 58.8 Å². The molecule has 0 heterocycles. The molecule has 0 aromatic rings. The van der Waals surface area contributed by atoms with Crippen LogP contribution < -0.4 is 0 Å². The average molecular weight is 2160 g/mol. The van der Waals surface area contributed by atoms with E-state index < -0.39 is 5.54 Å². The Hall–Kier alpha value is 16.1. The molecule has 2 saturated carbocycles. The maximum atomic E-state index is 9.89. The molecule has 2 aliphatic carbocycles. The van der Waals surface area contributed by atoms with Crippen LogP contribution in [0.3, 0.4) is 0 Å². The second-order valence-electron chi connectivity index (χ2n) is 18.1. The SMILES string of the molecule is C[C-](C)N(O)[C-](C)C.C[C-](C)N(O)[C-](C)C.C[C-](C)N(O)[C-](C)C.[CH-]1CCC2(CC1)CC[CH-]CC2.[CH2-]CC(C)(C)N(O)[CH-]CC(C)(C)N(O)[C-](C)C.[CH2-]N(O)[C-](C)C.[Y].[Y].[Y].[Y].[Y].[Y].[Y].[Y].[Y].[Y].[Y].[Y].[Y].[Y].[Y]. The molecule has 2 rings (SSSR count). The second-order valence-corrected chi connectivity index (χ2v) is 18.1. The van der Waals surface area contributed by atoms with Gasteiger partial charge in [-0.3, -0.25) is 49.3 Å². The monoisotopic (exact) mass is 2160 g/mol. The Labute approximate surface area is 832 Å². The average Bonchev–Trinajstić information content (AvgIpc) is 3.13. The number of nitrogens with zero attached hydrogens (tertiary/aromatic N) is 6. The zero-order valence-corrected chi connectivity index (χ0v) is 92.3. The summed E-state index contributed by atoms with van der Waals surface area (Å²) in [6.45, 7) is 42.6. The number of hydrogen-bond donors (Lipinski definition) is 6. The van der Waals surface area contributed by atoms with E-state index in [1.807, 2.05) is 125 Å². The summed E-state index contributed by atoms with van der Waals surface area (Å²) in [5.41, 5.74) is -0.0398. The number of rotatable bonds is 14. The van der Waals surface area contributed by atoms with Gasteiger partial charge in [0.25, 0.3) is 0 Å². The third-order valence-corrected chi connectivity index (χ3v) is 9.57. The first-order valence-corrected chi connectivity index (χ1v) is 20.7. The van der Waals surface area contributed by atoms with Gasteiger partial charge in [-0.05, 0) is 44.2 Å². The minimum atomic E-state index is -0.447. The molecule has 0 bridgehead atoms. The Bertz CT molecular complexity index is 880. The first-order valence-electron chi connectivity index (χ1n) is 20.7. The molecule has 0 aromatic heterocycles. The fourth-order valence-electron chi connectivity index (χ4n) is 5.38. The van der Waals surface area contributed by atoms with Gasteiger partial charge in [0.2, 0.25) is 0 Å². The summed E-state index contributed by atoms with van der Waals surface area (Å²) in [5.74, 6) is 0. The van der Waals surface area contributed by atoms with E-state index in [1.54, 1.807) is 20.4 Å². The van der Waals surface area contributed by atoms with Crippen molar-refractivity contribution in [2.24, 2.45) is 5.41 Å². The summed E-state index contributed by atoms with van der Waals surface area (Å²) < 4.78 is 0. The van der Waals surface area contributed by atoms with Crippen molar-refractivity contribution >= 4 is 0 Å². The van der Waals surface area contributed by atoms with E-state index in [-0.39, 0.29) is 496 Å². The Balaban J connectivity index is -0.0000000279. The second kappa shape index (κ2) is 84.2. The fraction of sp³-hybridized carbons (Fsp3) is 0.717. The molecule has 401 valence electrons. The molecular weight excluding hydrogens is 2070 g/mol. The topological polar surface area (TPSA) is 141 Å². The van der Waals surface area contributed by atoms with Gasteiger partial charge in [0.05, 0.1) is 0 Å². The Kier molecular flexibility index (Phi) is 162. The van der Waals surface area contributed by atoms with Gasteiger partial charge in [-0.1, -0.05) is 25.7 Å². The van der Waals surface area contributed by atoms with Gasteiger partial charge in [-0.25, -0.2) is 12.6 Å². The fourth-order valence-corrected chi connectivity index (χ4v) is 5.38. The quantitative estimate of drug-likeness (QED) is 0.0729. The van der Waals surface area contributed by atoms with Crippen molar-refractivity contribution in [2.75, 3.05) is 0 Å². The molecular formula is C46H93N6O6Y15-13. The molecule has 27 heteroatoms. The molecule has 2 fully saturated rings. The summed E-state index contributed by atoms with van der Waals surface area (Å²) in [6.07, 6.45) is 17.6. The van der Waals surface area contributed by atoms with Crippen molar-refractivity contribution in [1.82, 2.24) is 30.4 Å². The van der Waals surface area contributed by atoms with Crippen LogP contribution in [-0.2, 0) is 491 Å². The normalized spacial score (nSPS) is 12.7. The van der Waals surface area contributed by atoms with Crippen LogP contribution >= 0.6 is 0 Å². The van der Waals surface area contributed by atoms with Crippen LogP contribution in [0.4, 0.5) is 0 Å². The first-order chi connectivity index (χ1) is 26.3. The molecule has 0 aliphatic heterocycles. The predicted octanol–water partition coefficient (Wildman–Crippen LogP) is 13.3. The van der Waals surface area contributed by atoms with Gasteiger partial charge in [0.15, 0.2) is 0 Å². The van der Waals surface area contributed by atoms with Crippen LogP contribution in [0.1, 0.15) is 203 Å². The van der Waals surface area contributed by atoms with Crippen LogP contribution in [0.2, 0.25) is 0 Å². The van der Waals surface area contributed by atoms with Crippen LogP contribution in [0.25, 0.3) is 0 Å². The standard InChI is InChI=1S/C13H27N2O2.C11H18.3C6H13NO.C4H9NO.15Y/c1-8-12(4,5)14(16)10-9-13(6,7)15(17)11(2)3;1-3-7-11(8-4-1)9-5-2-6-10-11;3*1-5(2)7(8)6(3)4;1-4(2)5(3)6;;;;;;;;;;;;;;;/h10,16-17H,1,8-9H2,2-7H3;1-2H,3-10H2;3*8H,1-4H3;6H,3H2,1-2H3;;;;;;;;;;;;;;;/q-3;5*-2;;;;;;;;;;;;;;;. The summed E-state index contributed by atoms with van der Waals surface area (Å²) in [7, 11) is 3.19. The third-order valence-electron chi connectivity index (χ3n) is 9.57. The predicted molar refractivity (Wildman–Crippen MR) is 239 cm³/mol. The molecule has 6 N–H and O–H groups in total. The van der Waals surface area contributed by atoms with Crippen LogP contribution in [0, 0.1) is 87.1 Å². The number of hydroxylamine groups is 12. The van der Waals surface area contributed by atoms with E-state index >= 15 is 0 Å². The maximum Gasteiger partial charge on any atom is 0 e. The summed E-state index contributed by atoms with van der Waals surface area (Å²) in [5, 5.41) is 61.7. The van der Waals surface area contributed by atoms with E-state index in [0.29, 0.717) is 12.8 Å². The largest absolute Gasteiger partial charge is 0.491 e. The summed E-state index contributed by atoms with van der Waals surface area (Å²) in [4.78, 5) is 0. The molecule has 0 atom stereocenters. The minimum Gasteiger partial charge on any atom is -0.491 e. The van der Waals surface area contributed by atoms with Crippen LogP contribution in [-0.4, -0.2) is 72.7 Å². The van der Waals surface area contributed by atoms with Crippen molar-refractivity contribution in [3.05, 3.63) is 81.7 Å². The summed E-state index contributed by atoms with van der Waals surface area (Å²) >= 11 is 0. The van der Waals surface area contributed by atoms with E-state index in [2.05, 4.69) is 26.8 Å². The molecule has 0 saturated heterocycles.